The van der Waals surface area contributed by atoms with Gasteiger partial charge in [-0.05, 0) is 60.5 Å². The fourth-order valence-corrected chi connectivity index (χ4v) is 7.70. The first-order chi connectivity index (χ1) is 18.9. The van der Waals surface area contributed by atoms with Crippen molar-refractivity contribution in [3.05, 3.63) is 24.9 Å². The summed E-state index contributed by atoms with van der Waals surface area (Å²) in [4.78, 5) is 19.2. The van der Waals surface area contributed by atoms with Crippen molar-refractivity contribution < 1.29 is 22.8 Å². The van der Waals surface area contributed by atoms with Gasteiger partial charge in [0, 0.05) is 6.20 Å². The Kier molecular flexibility index (Phi) is 9.92. The summed E-state index contributed by atoms with van der Waals surface area (Å²) in [6.07, 6.45) is 4.27. The minimum absolute atomic E-state index is 0.0229. The molecule has 2 amide bonds. The first-order valence-electron chi connectivity index (χ1n) is 15.1. The molecule has 3 rings (SSSR count). The summed E-state index contributed by atoms with van der Waals surface area (Å²) in [5.41, 5.74) is 0. The van der Waals surface area contributed by atoms with Crippen molar-refractivity contribution in [2.45, 2.75) is 147 Å². The van der Waals surface area contributed by atoms with Crippen LogP contribution in [0.2, 0.25) is 54.4 Å². The molecule has 0 spiro atoms. The Hall–Kier alpha value is -1.36. The molecule has 2 unspecified atom stereocenters. The van der Waals surface area contributed by atoms with Gasteiger partial charge in [-0.25, -0.2) is 14.5 Å². The Bertz CT molecular complexity index is 1110. The third kappa shape index (κ3) is 7.46. The SMILES string of the molecule is CC(C)(C)[Si](C)(C)OC[C@H]1O[C@@H](N2C=CC(n3cncn3)NC2=O)[C@@H](O[Si](C)(C)C(C)(C)C)C1O[Si](C)(C)C(C)(C)C. The van der Waals surface area contributed by atoms with Crippen LogP contribution in [-0.2, 0) is 18.0 Å². The average molecular weight is 640 g/mol. The van der Waals surface area contributed by atoms with E-state index in [4.69, 9.17) is 18.0 Å². The van der Waals surface area contributed by atoms with E-state index in [9.17, 15) is 4.79 Å². The number of urea groups is 1. The number of carbonyl (C=O) groups excluding carboxylic acids is 1. The molecule has 2 aliphatic rings. The van der Waals surface area contributed by atoms with Gasteiger partial charge in [0.1, 0.15) is 37.1 Å². The quantitative estimate of drug-likeness (QED) is 0.295. The van der Waals surface area contributed by atoms with Crippen molar-refractivity contribution in [3.63, 3.8) is 0 Å². The molecule has 1 aromatic heterocycles. The first-order valence-corrected chi connectivity index (χ1v) is 23.9. The highest BCUT2D eigenvalue weighted by Crippen LogP contribution is 2.45. The minimum Gasteiger partial charge on any atom is -0.414 e. The Labute approximate surface area is 257 Å². The highest BCUT2D eigenvalue weighted by Gasteiger charge is 2.56. The van der Waals surface area contributed by atoms with Gasteiger partial charge in [0.05, 0.1) is 6.61 Å². The second kappa shape index (κ2) is 11.9. The topological polar surface area (TPSA) is 100.0 Å². The molecule has 0 aliphatic carbocycles. The van der Waals surface area contributed by atoms with Gasteiger partial charge >= 0.3 is 6.03 Å². The molecule has 10 nitrogen and oxygen atoms in total. The molecular formula is C29H57N5O5Si3. The second-order valence-corrected chi connectivity index (χ2v) is 30.7. The zero-order valence-electron chi connectivity index (χ0n) is 28.7. The van der Waals surface area contributed by atoms with E-state index in [1.807, 2.05) is 6.08 Å². The van der Waals surface area contributed by atoms with Gasteiger partial charge in [0.2, 0.25) is 0 Å². The predicted molar refractivity (Wildman–Crippen MR) is 175 cm³/mol. The van der Waals surface area contributed by atoms with Crippen molar-refractivity contribution in [1.29, 1.82) is 0 Å². The summed E-state index contributed by atoms with van der Waals surface area (Å²) < 4.78 is 29.5. The van der Waals surface area contributed by atoms with E-state index in [-0.39, 0.29) is 21.1 Å². The molecular weight excluding hydrogens is 583 g/mol. The molecule has 0 bridgehead atoms. The van der Waals surface area contributed by atoms with Gasteiger partial charge < -0.3 is 23.3 Å². The summed E-state index contributed by atoms with van der Waals surface area (Å²) in [6.45, 7) is 34.0. The van der Waals surface area contributed by atoms with Crippen molar-refractivity contribution in [1.82, 2.24) is 25.0 Å². The number of nitrogens with one attached hydrogen (secondary N) is 1. The van der Waals surface area contributed by atoms with Gasteiger partial charge in [-0.15, -0.1) is 0 Å². The van der Waals surface area contributed by atoms with Crippen LogP contribution in [0.5, 0.6) is 0 Å². The van der Waals surface area contributed by atoms with E-state index in [0.29, 0.717) is 6.61 Å². The maximum Gasteiger partial charge on any atom is 0.325 e. The minimum atomic E-state index is -2.32. The van der Waals surface area contributed by atoms with Crippen LogP contribution in [0.4, 0.5) is 4.79 Å². The fraction of sp³-hybridized carbons (Fsp3) is 0.828. The Balaban J connectivity index is 2.06. The smallest absolute Gasteiger partial charge is 0.325 e. The number of rotatable bonds is 9. The van der Waals surface area contributed by atoms with E-state index in [0.717, 1.165) is 0 Å². The van der Waals surface area contributed by atoms with Gasteiger partial charge in [-0.1, -0.05) is 62.3 Å². The lowest BCUT2D eigenvalue weighted by molar-refractivity contribution is -0.0628. The standard InChI is InChI=1S/C29H57N5O5Si3/c1-27(2,3)40(10,11)36-18-21-23(38-41(12,13)28(4,5)6)24(39-42(14,15)29(7,8)9)25(37-21)33-17-16-22(32-26(33)35)34-20-30-19-31-34/h16-17,19-25H,18H2,1-15H3,(H,32,35)/t21-,22?,23?,24+,25-/m1/s1. The molecule has 1 N–H and O–H groups in total. The Morgan fingerprint density at radius 3 is 1.83 bits per heavy atom. The molecule has 2 aliphatic heterocycles. The molecule has 1 aromatic rings. The molecule has 0 radical (unpaired) electrons. The summed E-state index contributed by atoms with van der Waals surface area (Å²) in [5.74, 6) is 0. The van der Waals surface area contributed by atoms with Gasteiger partial charge in [-0.3, -0.25) is 4.90 Å². The normalized spacial score (nSPS) is 26.6. The average Bonchev–Trinajstić information content (AvgIpc) is 3.45. The van der Waals surface area contributed by atoms with Gasteiger partial charge in [0.15, 0.2) is 31.2 Å². The summed E-state index contributed by atoms with van der Waals surface area (Å²) in [6, 6.07) is -0.288. The summed E-state index contributed by atoms with van der Waals surface area (Å²) >= 11 is 0. The molecule has 1 saturated heterocycles. The number of aromatic nitrogens is 3. The van der Waals surface area contributed by atoms with E-state index < -0.39 is 55.7 Å². The molecule has 1 fully saturated rings. The number of hydrogen-bond acceptors (Lipinski definition) is 7. The van der Waals surface area contributed by atoms with Gasteiger partial charge in [-0.2, -0.15) is 5.10 Å². The third-order valence-corrected chi connectivity index (χ3v) is 23.6. The monoisotopic (exact) mass is 639 g/mol. The van der Waals surface area contributed by atoms with Crippen molar-refractivity contribution in [3.8, 4) is 0 Å². The largest absolute Gasteiger partial charge is 0.414 e. The first kappa shape index (κ1) is 35.1. The van der Waals surface area contributed by atoms with Crippen LogP contribution in [0, 0.1) is 0 Å². The number of amides is 2. The maximum absolute atomic E-state index is 13.6. The second-order valence-electron chi connectivity index (χ2n) is 16.3. The summed E-state index contributed by atoms with van der Waals surface area (Å²) in [5, 5.41) is 7.18. The highest BCUT2D eigenvalue weighted by molar-refractivity contribution is 6.75. The van der Waals surface area contributed by atoms with Crippen LogP contribution in [-0.4, -0.2) is 81.8 Å². The highest BCUT2D eigenvalue weighted by atomic mass is 28.4. The van der Waals surface area contributed by atoms with Crippen LogP contribution < -0.4 is 5.32 Å². The predicted octanol–water partition coefficient (Wildman–Crippen LogP) is 6.84. The molecule has 13 heteroatoms. The zero-order chi connectivity index (χ0) is 32.1. The van der Waals surface area contributed by atoms with E-state index in [1.165, 1.54) is 6.33 Å². The van der Waals surface area contributed by atoms with Crippen LogP contribution in [0.15, 0.2) is 24.9 Å². The van der Waals surface area contributed by atoms with Gasteiger partial charge in [0.25, 0.3) is 0 Å². The number of nitrogens with zero attached hydrogens (tertiary/aromatic N) is 4. The van der Waals surface area contributed by atoms with Crippen LogP contribution in [0.3, 0.4) is 0 Å². The molecule has 0 aromatic carbocycles. The number of hydrogen-bond donors (Lipinski definition) is 1. The third-order valence-electron chi connectivity index (χ3n) is 10.1. The van der Waals surface area contributed by atoms with E-state index in [2.05, 4.69) is 117 Å². The van der Waals surface area contributed by atoms with Crippen LogP contribution in [0.25, 0.3) is 0 Å². The van der Waals surface area contributed by atoms with E-state index in [1.54, 1.807) is 22.1 Å². The molecule has 0 saturated carbocycles. The fourth-order valence-electron chi connectivity index (χ4n) is 4.08. The van der Waals surface area contributed by atoms with Crippen molar-refractivity contribution in [2.24, 2.45) is 0 Å². The lowest BCUT2D eigenvalue weighted by Crippen LogP contribution is -2.58. The zero-order valence-corrected chi connectivity index (χ0v) is 31.7. The molecule has 240 valence electrons. The number of ether oxygens (including phenoxy) is 1. The van der Waals surface area contributed by atoms with Crippen molar-refractivity contribution in [2.75, 3.05) is 6.61 Å². The van der Waals surface area contributed by atoms with E-state index >= 15 is 0 Å². The lowest BCUT2D eigenvalue weighted by Gasteiger charge is -2.45. The van der Waals surface area contributed by atoms with Crippen molar-refractivity contribution >= 4 is 31.0 Å². The summed E-state index contributed by atoms with van der Waals surface area (Å²) in [7, 11) is -6.68. The molecule has 42 heavy (non-hydrogen) atoms. The molecule has 3 heterocycles. The van der Waals surface area contributed by atoms with Crippen LogP contribution in [0.1, 0.15) is 68.5 Å². The molecule has 5 atom stereocenters. The van der Waals surface area contributed by atoms with Crippen LogP contribution >= 0.6 is 0 Å². The lowest BCUT2D eigenvalue weighted by atomic mass is 10.1. The Morgan fingerprint density at radius 2 is 1.38 bits per heavy atom. The number of carbonyl (C=O) groups is 1. The Morgan fingerprint density at radius 1 is 0.857 bits per heavy atom. The maximum atomic E-state index is 13.6.